The van der Waals surface area contributed by atoms with Gasteiger partial charge in [-0.2, -0.15) is 0 Å². The zero-order chi connectivity index (χ0) is 15.1. The molecule has 1 saturated heterocycles. The van der Waals surface area contributed by atoms with Gasteiger partial charge in [-0.1, -0.05) is 20.8 Å². The van der Waals surface area contributed by atoms with E-state index in [1.165, 1.54) is 49.6 Å². The van der Waals surface area contributed by atoms with Crippen molar-refractivity contribution in [1.29, 1.82) is 0 Å². The second-order valence-electron chi connectivity index (χ2n) is 6.75. The summed E-state index contributed by atoms with van der Waals surface area (Å²) in [4.78, 5) is 7.32. The van der Waals surface area contributed by atoms with Gasteiger partial charge in [-0.15, -0.1) is 11.3 Å². The fourth-order valence-corrected chi connectivity index (χ4v) is 3.80. The number of aryl methyl sites for hydroxylation is 1. The molecule has 0 saturated carbocycles. The van der Waals surface area contributed by atoms with Crippen molar-refractivity contribution < 1.29 is 0 Å². The predicted molar refractivity (Wildman–Crippen MR) is 91.8 cm³/mol. The van der Waals surface area contributed by atoms with Crippen molar-refractivity contribution in [2.45, 2.75) is 53.0 Å². The molecule has 1 aromatic heterocycles. The number of nitrogens with zero attached hydrogens (tertiary/aromatic N) is 2. The summed E-state index contributed by atoms with van der Waals surface area (Å²) in [5.41, 5.74) is 1.28. The molecule has 0 amide bonds. The van der Waals surface area contributed by atoms with E-state index >= 15 is 0 Å². The lowest BCUT2D eigenvalue weighted by Gasteiger charge is -2.31. The maximum absolute atomic E-state index is 4.75. The molecule has 4 heteroatoms. The van der Waals surface area contributed by atoms with Gasteiger partial charge < -0.3 is 5.32 Å². The number of hydrogen-bond acceptors (Lipinski definition) is 4. The maximum atomic E-state index is 4.75. The van der Waals surface area contributed by atoms with E-state index in [-0.39, 0.29) is 0 Å². The highest BCUT2D eigenvalue weighted by atomic mass is 32.1. The molecular weight excluding hydrogens is 278 g/mol. The first-order valence-electron chi connectivity index (χ1n) is 8.53. The number of hydrogen-bond donors (Lipinski definition) is 1. The fraction of sp³-hybridized carbons (Fsp3) is 0.824. The Labute approximate surface area is 134 Å². The molecule has 21 heavy (non-hydrogen) atoms. The molecule has 0 atom stereocenters. The van der Waals surface area contributed by atoms with Gasteiger partial charge in [-0.25, -0.2) is 4.98 Å². The summed E-state index contributed by atoms with van der Waals surface area (Å²) in [6, 6.07) is 0. The smallest absolute Gasteiger partial charge is 0.0928 e. The highest BCUT2D eigenvalue weighted by molar-refractivity contribution is 7.09. The van der Waals surface area contributed by atoms with Crippen LogP contribution in [-0.4, -0.2) is 36.1 Å². The van der Waals surface area contributed by atoms with E-state index in [2.05, 4.69) is 36.4 Å². The molecule has 2 rings (SSSR count). The minimum absolute atomic E-state index is 0.757. The third-order valence-corrected chi connectivity index (χ3v) is 5.10. The van der Waals surface area contributed by atoms with Crippen LogP contribution in [0.5, 0.6) is 0 Å². The predicted octanol–water partition coefficient (Wildman–Crippen LogP) is 3.55. The third kappa shape index (κ3) is 6.05. The molecular formula is C17H31N3S. The zero-order valence-corrected chi connectivity index (χ0v) is 14.7. The molecule has 0 unspecified atom stereocenters. The summed E-state index contributed by atoms with van der Waals surface area (Å²) in [5, 5.41) is 7.16. The summed E-state index contributed by atoms with van der Waals surface area (Å²) in [7, 11) is 0. The Morgan fingerprint density at radius 1 is 1.38 bits per heavy atom. The van der Waals surface area contributed by atoms with Crippen LogP contribution in [0.15, 0.2) is 5.38 Å². The maximum Gasteiger partial charge on any atom is 0.0928 e. The van der Waals surface area contributed by atoms with Crippen molar-refractivity contribution in [2.75, 3.05) is 26.2 Å². The molecule has 1 fully saturated rings. The monoisotopic (exact) mass is 309 g/mol. The van der Waals surface area contributed by atoms with E-state index in [1.807, 2.05) is 11.3 Å². The molecule has 120 valence electrons. The fourth-order valence-electron chi connectivity index (χ4n) is 2.90. The molecule has 3 nitrogen and oxygen atoms in total. The molecule has 1 aromatic rings. The van der Waals surface area contributed by atoms with Gasteiger partial charge >= 0.3 is 0 Å². The second kappa shape index (κ2) is 8.86. The molecule has 1 aliphatic rings. The van der Waals surface area contributed by atoms with Gasteiger partial charge in [0.2, 0.25) is 0 Å². The molecule has 2 heterocycles. The molecule has 0 spiro atoms. The van der Waals surface area contributed by atoms with E-state index in [9.17, 15) is 0 Å². The van der Waals surface area contributed by atoms with E-state index in [0.29, 0.717) is 0 Å². The molecule has 0 aliphatic carbocycles. The van der Waals surface area contributed by atoms with Crippen LogP contribution in [-0.2, 0) is 13.0 Å². The first-order chi connectivity index (χ1) is 10.2. The zero-order valence-electron chi connectivity index (χ0n) is 13.9. The number of nitrogens with one attached hydrogen (secondary N) is 1. The van der Waals surface area contributed by atoms with E-state index in [4.69, 9.17) is 4.98 Å². The van der Waals surface area contributed by atoms with Crippen LogP contribution in [0.3, 0.4) is 0 Å². The van der Waals surface area contributed by atoms with E-state index in [1.54, 1.807) is 0 Å². The molecule has 0 bridgehead atoms. The van der Waals surface area contributed by atoms with Gasteiger partial charge in [-0.05, 0) is 63.7 Å². The second-order valence-corrected chi connectivity index (χ2v) is 7.70. The number of piperidine rings is 1. The lowest BCUT2D eigenvalue weighted by molar-refractivity contribution is 0.173. The van der Waals surface area contributed by atoms with Crippen LogP contribution in [0.25, 0.3) is 0 Å². The Kier molecular flexibility index (Phi) is 7.14. The minimum Gasteiger partial charge on any atom is -0.316 e. The molecule has 1 aliphatic heterocycles. The van der Waals surface area contributed by atoms with Gasteiger partial charge in [0.1, 0.15) is 0 Å². The third-order valence-electron chi connectivity index (χ3n) is 4.14. The number of aromatic nitrogens is 1. The van der Waals surface area contributed by atoms with Crippen LogP contribution in [0.1, 0.15) is 50.7 Å². The van der Waals surface area contributed by atoms with Gasteiger partial charge in [0.05, 0.1) is 10.7 Å². The van der Waals surface area contributed by atoms with Gasteiger partial charge in [0, 0.05) is 11.9 Å². The summed E-state index contributed by atoms with van der Waals surface area (Å²) in [6.45, 7) is 12.6. The normalized spacial score (nSPS) is 17.7. The summed E-state index contributed by atoms with van der Waals surface area (Å²) in [5.74, 6) is 1.62. The van der Waals surface area contributed by atoms with Crippen LogP contribution in [0.4, 0.5) is 0 Å². The Morgan fingerprint density at radius 3 is 2.81 bits per heavy atom. The van der Waals surface area contributed by atoms with Crippen molar-refractivity contribution in [3.63, 3.8) is 0 Å². The quantitative estimate of drug-likeness (QED) is 0.796. The Bertz CT molecular complexity index is 394. The molecule has 0 aromatic carbocycles. The van der Waals surface area contributed by atoms with E-state index < -0.39 is 0 Å². The van der Waals surface area contributed by atoms with Crippen LogP contribution in [0, 0.1) is 11.8 Å². The Morgan fingerprint density at radius 2 is 2.14 bits per heavy atom. The minimum atomic E-state index is 0.757. The first-order valence-corrected chi connectivity index (χ1v) is 9.41. The lowest BCUT2D eigenvalue weighted by Crippen LogP contribution is -2.37. The summed E-state index contributed by atoms with van der Waals surface area (Å²) in [6.07, 6.45) is 4.99. The topological polar surface area (TPSA) is 28.2 Å². The van der Waals surface area contributed by atoms with E-state index in [0.717, 1.165) is 31.3 Å². The van der Waals surface area contributed by atoms with Crippen molar-refractivity contribution in [3.05, 3.63) is 16.1 Å². The number of rotatable bonds is 8. The van der Waals surface area contributed by atoms with Crippen molar-refractivity contribution >= 4 is 11.3 Å². The van der Waals surface area contributed by atoms with Crippen molar-refractivity contribution in [1.82, 2.24) is 15.2 Å². The highest BCUT2D eigenvalue weighted by Crippen LogP contribution is 2.20. The Balaban J connectivity index is 1.66. The lowest BCUT2D eigenvalue weighted by atomic mass is 9.96. The highest BCUT2D eigenvalue weighted by Gasteiger charge is 2.19. The molecule has 1 N–H and O–H groups in total. The summed E-state index contributed by atoms with van der Waals surface area (Å²) < 4.78 is 0. The first kappa shape index (κ1) is 16.9. The van der Waals surface area contributed by atoms with Crippen molar-refractivity contribution in [3.8, 4) is 0 Å². The number of thiazole rings is 1. The van der Waals surface area contributed by atoms with Gasteiger partial charge in [0.25, 0.3) is 0 Å². The summed E-state index contributed by atoms with van der Waals surface area (Å²) >= 11 is 1.83. The largest absolute Gasteiger partial charge is 0.316 e. The number of likely N-dealkylation sites (tertiary alicyclic amines) is 1. The van der Waals surface area contributed by atoms with Gasteiger partial charge in [-0.3, -0.25) is 4.90 Å². The average Bonchev–Trinajstić information content (AvgIpc) is 2.88. The van der Waals surface area contributed by atoms with Crippen molar-refractivity contribution in [2.24, 2.45) is 11.8 Å². The molecule has 0 radical (unpaired) electrons. The standard InChI is InChI=1S/C17H31N3S/c1-4-5-17-19-16(13-21-17)12-20-8-6-15(7-9-20)11-18-10-14(2)3/h13-15,18H,4-12H2,1-3H3. The Hall–Kier alpha value is -0.450. The van der Waals surface area contributed by atoms with Gasteiger partial charge in [0.15, 0.2) is 0 Å². The van der Waals surface area contributed by atoms with Crippen LogP contribution in [0.2, 0.25) is 0 Å². The van der Waals surface area contributed by atoms with Crippen LogP contribution >= 0.6 is 11.3 Å². The SMILES string of the molecule is CCCc1nc(CN2CCC(CNCC(C)C)CC2)cs1. The van der Waals surface area contributed by atoms with Crippen LogP contribution < -0.4 is 5.32 Å². The average molecular weight is 310 g/mol.